The van der Waals surface area contributed by atoms with Crippen LogP contribution < -0.4 is 4.90 Å². The van der Waals surface area contributed by atoms with Gasteiger partial charge in [-0.25, -0.2) is 0 Å². The summed E-state index contributed by atoms with van der Waals surface area (Å²) in [4.78, 5) is 39.2. The number of carboxylic acid groups (broad SMARTS) is 1. The number of carboxylic acids is 1. The van der Waals surface area contributed by atoms with Gasteiger partial charge >= 0.3 is 5.97 Å². The van der Waals surface area contributed by atoms with Crippen molar-refractivity contribution >= 4 is 23.5 Å². The molecule has 1 atom stereocenters. The first-order chi connectivity index (χ1) is 10.1. The van der Waals surface area contributed by atoms with E-state index in [1.54, 1.807) is 29.2 Å². The van der Waals surface area contributed by atoms with Gasteiger partial charge < -0.3 is 10.0 Å². The summed E-state index contributed by atoms with van der Waals surface area (Å²) in [6, 6.07) is 6.17. The Labute approximate surface area is 122 Å². The number of para-hydroxylation sites is 1. The second-order valence-corrected chi connectivity index (χ2v) is 5.35. The normalized spacial score (nSPS) is 21.6. The molecule has 1 saturated heterocycles. The molecule has 0 unspecified atom stereocenters. The van der Waals surface area contributed by atoms with Crippen LogP contribution in [0.5, 0.6) is 0 Å². The number of carbonyl (C=O) groups excluding carboxylic acids is 2. The summed E-state index contributed by atoms with van der Waals surface area (Å²) < 4.78 is 0. The SMILES string of the molecule is O=C(O)CN1C(=O)[C@@H]2CCCCN2C(=O)c2ccccc21. The standard InChI is InChI=1S/C15H16N2O4/c18-13(19)9-17-11-6-2-1-5-10(11)14(20)16-8-4-3-7-12(16)15(17)21/h1-2,5-6,12H,3-4,7-9H2,(H,18,19)/t12-/m0/s1. The van der Waals surface area contributed by atoms with Gasteiger partial charge in [-0.3, -0.25) is 19.3 Å². The number of hydrogen-bond donors (Lipinski definition) is 1. The maximum absolute atomic E-state index is 12.7. The molecule has 1 aromatic carbocycles. The van der Waals surface area contributed by atoms with Crippen molar-refractivity contribution in [2.45, 2.75) is 25.3 Å². The average molecular weight is 288 g/mol. The molecule has 3 rings (SSSR count). The second kappa shape index (κ2) is 5.20. The monoisotopic (exact) mass is 288 g/mol. The molecule has 6 nitrogen and oxygen atoms in total. The first-order valence-electron chi connectivity index (χ1n) is 7.03. The molecule has 1 fully saturated rings. The zero-order valence-electron chi connectivity index (χ0n) is 11.5. The summed E-state index contributed by atoms with van der Waals surface area (Å²) in [5.41, 5.74) is 0.792. The lowest BCUT2D eigenvalue weighted by Gasteiger charge is -2.34. The van der Waals surface area contributed by atoms with Crippen LogP contribution in [0.1, 0.15) is 29.6 Å². The molecule has 0 bridgehead atoms. The third-order valence-electron chi connectivity index (χ3n) is 4.03. The Morgan fingerprint density at radius 2 is 2.00 bits per heavy atom. The summed E-state index contributed by atoms with van der Waals surface area (Å²) in [7, 11) is 0. The summed E-state index contributed by atoms with van der Waals surface area (Å²) in [6.45, 7) is 0.123. The molecule has 0 aromatic heterocycles. The molecule has 2 aliphatic rings. The van der Waals surface area contributed by atoms with Crippen molar-refractivity contribution in [2.75, 3.05) is 18.0 Å². The van der Waals surface area contributed by atoms with Crippen LogP contribution in [0, 0.1) is 0 Å². The molecule has 0 spiro atoms. The van der Waals surface area contributed by atoms with E-state index in [-0.39, 0.29) is 11.8 Å². The van der Waals surface area contributed by atoms with Crippen LogP contribution in [0.15, 0.2) is 24.3 Å². The Hall–Kier alpha value is -2.37. The van der Waals surface area contributed by atoms with Crippen molar-refractivity contribution in [3.63, 3.8) is 0 Å². The van der Waals surface area contributed by atoms with E-state index in [4.69, 9.17) is 5.11 Å². The maximum atomic E-state index is 12.7. The smallest absolute Gasteiger partial charge is 0.323 e. The van der Waals surface area contributed by atoms with E-state index in [1.165, 1.54) is 4.90 Å². The van der Waals surface area contributed by atoms with E-state index in [0.717, 1.165) is 12.8 Å². The highest BCUT2D eigenvalue weighted by Gasteiger charge is 2.40. The first-order valence-corrected chi connectivity index (χ1v) is 7.03. The highest BCUT2D eigenvalue weighted by molar-refractivity contribution is 6.12. The van der Waals surface area contributed by atoms with Crippen LogP contribution in [0.4, 0.5) is 5.69 Å². The predicted molar refractivity (Wildman–Crippen MR) is 75.1 cm³/mol. The highest BCUT2D eigenvalue weighted by Crippen LogP contribution is 2.31. The van der Waals surface area contributed by atoms with Crippen LogP contribution >= 0.6 is 0 Å². The summed E-state index contributed by atoms with van der Waals surface area (Å²) in [6.07, 6.45) is 2.34. The Morgan fingerprint density at radius 1 is 1.24 bits per heavy atom. The fourth-order valence-electron chi connectivity index (χ4n) is 3.07. The number of anilines is 1. The third kappa shape index (κ3) is 2.26. The van der Waals surface area contributed by atoms with Crippen LogP contribution in [0.3, 0.4) is 0 Å². The lowest BCUT2D eigenvalue weighted by Crippen LogP contribution is -2.51. The maximum Gasteiger partial charge on any atom is 0.323 e. The number of benzene rings is 1. The number of carbonyl (C=O) groups is 3. The lowest BCUT2D eigenvalue weighted by atomic mass is 10.0. The quantitative estimate of drug-likeness (QED) is 0.884. The zero-order valence-corrected chi connectivity index (χ0v) is 11.5. The van der Waals surface area contributed by atoms with Gasteiger partial charge in [-0.2, -0.15) is 0 Å². The number of nitrogens with zero attached hydrogens (tertiary/aromatic N) is 2. The molecule has 0 saturated carbocycles. The topological polar surface area (TPSA) is 77.9 Å². The van der Waals surface area contributed by atoms with E-state index in [2.05, 4.69) is 0 Å². The molecule has 0 radical (unpaired) electrons. The van der Waals surface area contributed by atoms with Crippen molar-refractivity contribution in [3.8, 4) is 0 Å². The average Bonchev–Trinajstić information content (AvgIpc) is 2.58. The predicted octanol–water partition coefficient (Wildman–Crippen LogP) is 1.11. The number of hydrogen-bond acceptors (Lipinski definition) is 3. The molecule has 21 heavy (non-hydrogen) atoms. The highest BCUT2D eigenvalue weighted by atomic mass is 16.4. The fourth-order valence-corrected chi connectivity index (χ4v) is 3.07. The molecule has 2 aliphatic heterocycles. The Bertz CT molecular complexity index is 613. The minimum atomic E-state index is -1.09. The summed E-state index contributed by atoms with van der Waals surface area (Å²) in [5.74, 6) is -1.57. The number of aliphatic carboxylic acids is 1. The van der Waals surface area contributed by atoms with Gasteiger partial charge in [0, 0.05) is 6.54 Å². The van der Waals surface area contributed by atoms with Crippen molar-refractivity contribution in [1.82, 2.24) is 4.90 Å². The van der Waals surface area contributed by atoms with E-state index in [9.17, 15) is 14.4 Å². The Balaban J connectivity index is 2.12. The molecule has 1 aromatic rings. The van der Waals surface area contributed by atoms with Gasteiger partial charge in [0.2, 0.25) is 5.91 Å². The second-order valence-electron chi connectivity index (χ2n) is 5.35. The van der Waals surface area contributed by atoms with Crippen LogP contribution in [0.2, 0.25) is 0 Å². The van der Waals surface area contributed by atoms with E-state index in [0.29, 0.717) is 24.2 Å². The van der Waals surface area contributed by atoms with Gasteiger partial charge in [0.05, 0.1) is 11.3 Å². The molecular formula is C15H16N2O4. The number of rotatable bonds is 2. The van der Waals surface area contributed by atoms with E-state index < -0.39 is 18.6 Å². The molecule has 2 amide bonds. The van der Waals surface area contributed by atoms with Crippen LogP contribution in [0.25, 0.3) is 0 Å². The van der Waals surface area contributed by atoms with Crippen LogP contribution in [-0.2, 0) is 9.59 Å². The van der Waals surface area contributed by atoms with Gasteiger partial charge in [0.15, 0.2) is 0 Å². The van der Waals surface area contributed by atoms with Gasteiger partial charge in [-0.05, 0) is 31.4 Å². The fraction of sp³-hybridized carbons (Fsp3) is 0.400. The van der Waals surface area contributed by atoms with Crippen LogP contribution in [-0.4, -0.2) is 46.9 Å². The van der Waals surface area contributed by atoms with Gasteiger partial charge in [-0.1, -0.05) is 12.1 Å². The minimum Gasteiger partial charge on any atom is -0.480 e. The van der Waals surface area contributed by atoms with Gasteiger partial charge in [-0.15, -0.1) is 0 Å². The number of piperidine rings is 1. The van der Waals surface area contributed by atoms with E-state index >= 15 is 0 Å². The number of fused-ring (bicyclic) bond motifs is 2. The Kier molecular flexibility index (Phi) is 3.37. The minimum absolute atomic E-state index is 0.184. The van der Waals surface area contributed by atoms with Crippen molar-refractivity contribution in [1.29, 1.82) is 0 Å². The van der Waals surface area contributed by atoms with Crippen molar-refractivity contribution in [2.24, 2.45) is 0 Å². The molecular weight excluding hydrogens is 272 g/mol. The summed E-state index contributed by atoms with van der Waals surface area (Å²) >= 11 is 0. The molecule has 0 aliphatic carbocycles. The molecule has 110 valence electrons. The Morgan fingerprint density at radius 3 is 2.76 bits per heavy atom. The number of amides is 2. The van der Waals surface area contributed by atoms with Gasteiger partial charge in [0.1, 0.15) is 12.6 Å². The molecule has 1 N–H and O–H groups in total. The lowest BCUT2D eigenvalue weighted by molar-refractivity contribution is -0.137. The first kappa shape index (κ1) is 13.6. The zero-order chi connectivity index (χ0) is 15.0. The van der Waals surface area contributed by atoms with Gasteiger partial charge in [0.25, 0.3) is 5.91 Å². The molecule has 2 heterocycles. The largest absolute Gasteiger partial charge is 0.480 e. The summed E-state index contributed by atoms with van der Waals surface area (Å²) in [5, 5.41) is 9.07. The van der Waals surface area contributed by atoms with Crippen molar-refractivity contribution in [3.05, 3.63) is 29.8 Å². The molecule has 6 heteroatoms. The van der Waals surface area contributed by atoms with E-state index in [1.807, 2.05) is 0 Å². The third-order valence-corrected chi connectivity index (χ3v) is 4.03. The van der Waals surface area contributed by atoms with Crippen molar-refractivity contribution < 1.29 is 19.5 Å².